The van der Waals surface area contributed by atoms with Crippen LogP contribution in [0, 0.1) is 0 Å². The van der Waals surface area contributed by atoms with Gasteiger partial charge >= 0.3 is 0 Å². The molecule has 4 heteroatoms. The van der Waals surface area contributed by atoms with Gasteiger partial charge in [0, 0.05) is 18.2 Å². The number of benzene rings is 1. The molecular weight excluding hydrogens is 250 g/mol. The molecule has 96 valence electrons. The predicted molar refractivity (Wildman–Crippen MR) is 76.4 cm³/mol. The number of aromatic amines is 1. The Morgan fingerprint density at radius 1 is 1.10 bits per heavy atom. The fourth-order valence-corrected chi connectivity index (χ4v) is 2.96. The molecule has 0 saturated carbocycles. The normalized spacial score (nSPS) is 13.2. The highest BCUT2D eigenvalue weighted by molar-refractivity contribution is 5.80. The van der Waals surface area contributed by atoms with Gasteiger partial charge in [-0.05, 0) is 24.3 Å². The number of imidazole rings is 1. The van der Waals surface area contributed by atoms with Gasteiger partial charge in [-0.1, -0.05) is 18.2 Å². The van der Waals surface area contributed by atoms with E-state index in [9.17, 15) is 0 Å². The summed E-state index contributed by atoms with van der Waals surface area (Å²) in [6, 6.07) is 14.3. The van der Waals surface area contributed by atoms with Crippen molar-refractivity contribution in [2.75, 3.05) is 0 Å². The highest BCUT2D eigenvalue weighted by Crippen LogP contribution is 2.37. The fraction of sp³-hybridized carbons (Fsp3) is 0.0625. The molecule has 0 aliphatic carbocycles. The van der Waals surface area contributed by atoms with Crippen LogP contribution >= 0.6 is 0 Å². The first-order valence-corrected chi connectivity index (χ1v) is 6.63. The molecule has 0 spiro atoms. The van der Waals surface area contributed by atoms with Crippen molar-refractivity contribution in [3.05, 3.63) is 59.9 Å². The van der Waals surface area contributed by atoms with Gasteiger partial charge in [-0.3, -0.25) is 4.40 Å². The van der Waals surface area contributed by atoms with Gasteiger partial charge < -0.3 is 9.72 Å². The van der Waals surface area contributed by atoms with E-state index in [4.69, 9.17) is 4.74 Å². The van der Waals surface area contributed by atoms with Crippen LogP contribution in [-0.4, -0.2) is 14.4 Å². The van der Waals surface area contributed by atoms with Crippen LogP contribution in [0.4, 0.5) is 0 Å². The molecule has 4 nitrogen and oxygen atoms in total. The van der Waals surface area contributed by atoms with Gasteiger partial charge in [-0.15, -0.1) is 0 Å². The van der Waals surface area contributed by atoms with Crippen LogP contribution in [0.3, 0.4) is 0 Å². The number of H-pyrrole nitrogens is 1. The first kappa shape index (κ1) is 10.1. The van der Waals surface area contributed by atoms with Crippen molar-refractivity contribution in [3.8, 4) is 11.6 Å². The Bertz CT molecular complexity index is 964. The lowest BCUT2D eigenvalue weighted by Gasteiger charge is -2.16. The van der Waals surface area contributed by atoms with Crippen molar-refractivity contribution in [2.24, 2.45) is 0 Å². The van der Waals surface area contributed by atoms with E-state index < -0.39 is 0 Å². The molecule has 0 unspecified atom stereocenters. The molecule has 0 saturated heterocycles. The summed E-state index contributed by atoms with van der Waals surface area (Å²) in [7, 11) is 0. The van der Waals surface area contributed by atoms with Crippen molar-refractivity contribution in [1.82, 2.24) is 14.4 Å². The van der Waals surface area contributed by atoms with E-state index in [0.29, 0.717) is 0 Å². The second-order valence-corrected chi connectivity index (χ2v) is 5.05. The predicted octanol–water partition coefficient (Wildman–Crippen LogP) is 3.51. The molecular formula is C16H11N3O. The van der Waals surface area contributed by atoms with Crippen LogP contribution in [0.15, 0.2) is 48.7 Å². The van der Waals surface area contributed by atoms with Crippen LogP contribution in [-0.2, 0) is 6.42 Å². The number of nitrogens with zero attached hydrogens (tertiary/aromatic N) is 2. The number of hydrogen-bond donors (Lipinski definition) is 1. The first-order valence-electron chi connectivity index (χ1n) is 6.63. The Kier molecular flexibility index (Phi) is 1.72. The Morgan fingerprint density at radius 2 is 2.05 bits per heavy atom. The molecule has 4 aromatic rings. The smallest absolute Gasteiger partial charge is 0.241 e. The number of rotatable bonds is 0. The van der Waals surface area contributed by atoms with Gasteiger partial charge in [0.1, 0.15) is 11.4 Å². The highest BCUT2D eigenvalue weighted by atomic mass is 16.5. The summed E-state index contributed by atoms with van der Waals surface area (Å²) in [5.41, 5.74) is 5.49. The Balaban J connectivity index is 1.86. The average molecular weight is 261 g/mol. The van der Waals surface area contributed by atoms with Crippen molar-refractivity contribution < 1.29 is 4.74 Å². The molecule has 0 amide bonds. The molecule has 1 aliphatic rings. The lowest BCUT2D eigenvalue weighted by atomic mass is 10.1. The quantitative estimate of drug-likeness (QED) is 0.463. The van der Waals surface area contributed by atoms with Crippen molar-refractivity contribution in [2.45, 2.75) is 6.42 Å². The third kappa shape index (κ3) is 1.18. The maximum absolute atomic E-state index is 5.95. The topological polar surface area (TPSA) is 42.3 Å². The molecule has 20 heavy (non-hydrogen) atoms. The molecule has 0 radical (unpaired) electrons. The molecule has 1 aliphatic heterocycles. The lowest BCUT2D eigenvalue weighted by Crippen LogP contribution is -2.04. The number of ether oxygens (including phenoxy) is 1. The fourth-order valence-electron chi connectivity index (χ4n) is 2.96. The number of hydrogen-bond acceptors (Lipinski definition) is 2. The average Bonchev–Trinajstić information content (AvgIpc) is 3.07. The van der Waals surface area contributed by atoms with Gasteiger partial charge in [0.05, 0.1) is 16.7 Å². The van der Waals surface area contributed by atoms with Crippen molar-refractivity contribution in [1.29, 1.82) is 0 Å². The monoisotopic (exact) mass is 261 g/mol. The van der Waals surface area contributed by atoms with Crippen LogP contribution in [0.5, 0.6) is 11.6 Å². The SMILES string of the molecule is c1ccc2c(c1)Cc1c(nc3ccc4[nH]ccc4n13)O2. The molecule has 1 aromatic carbocycles. The van der Waals surface area contributed by atoms with Crippen molar-refractivity contribution >= 4 is 16.7 Å². The number of para-hydroxylation sites is 1. The summed E-state index contributed by atoms with van der Waals surface area (Å²) in [6.07, 6.45) is 2.80. The zero-order valence-corrected chi connectivity index (χ0v) is 10.6. The largest absolute Gasteiger partial charge is 0.437 e. The van der Waals surface area contributed by atoms with Gasteiger partial charge in [0.25, 0.3) is 0 Å². The Morgan fingerprint density at radius 3 is 3.05 bits per heavy atom. The van der Waals surface area contributed by atoms with Crippen LogP contribution in [0.2, 0.25) is 0 Å². The van der Waals surface area contributed by atoms with Gasteiger partial charge in [0.15, 0.2) is 0 Å². The zero-order chi connectivity index (χ0) is 13.1. The first-order chi connectivity index (χ1) is 9.90. The third-order valence-corrected chi connectivity index (χ3v) is 3.90. The third-order valence-electron chi connectivity index (χ3n) is 3.90. The van der Waals surface area contributed by atoms with E-state index in [-0.39, 0.29) is 0 Å². The standard InChI is InChI=1S/C16H11N3O/c1-2-4-14-10(3-1)9-13-16(20-14)18-15-6-5-11-12(19(13)15)7-8-17-11/h1-8,17H,9H2. The molecule has 3 aromatic heterocycles. The van der Waals surface area contributed by atoms with Gasteiger partial charge in [-0.25, -0.2) is 0 Å². The summed E-state index contributed by atoms with van der Waals surface area (Å²) >= 11 is 0. The molecule has 0 fully saturated rings. The minimum Gasteiger partial charge on any atom is -0.437 e. The van der Waals surface area contributed by atoms with E-state index in [1.165, 1.54) is 5.56 Å². The summed E-state index contributed by atoms with van der Waals surface area (Å²) < 4.78 is 8.12. The van der Waals surface area contributed by atoms with Crippen LogP contribution in [0.1, 0.15) is 11.3 Å². The van der Waals surface area contributed by atoms with Gasteiger partial charge in [-0.2, -0.15) is 4.98 Å². The maximum atomic E-state index is 5.95. The molecule has 5 rings (SSSR count). The Hall–Kier alpha value is -2.75. The second-order valence-electron chi connectivity index (χ2n) is 5.05. The van der Waals surface area contributed by atoms with E-state index in [2.05, 4.69) is 32.6 Å². The summed E-state index contributed by atoms with van der Waals surface area (Å²) in [6.45, 7) is 0. The zero-order valence-electron chi connectivity index (χ0n) is 10.6. The number of fused-ring (bicyclic) bond motifs is 6. The second kappa shape index (κ2) is 3.42. The van der Waals surface area contributed by atoms with Gasteiger partial charge in [0.2, 0.25) is 5.88 Å². The van der Waals surface area contributed by atoms with Crippen molar-refractivity contribution in [3.63, 3.8) is 0 Å². The van der Waals surface area contributed by atoms with E-state index in [0.717, 1.165) is 40.4 Å². The summed E-state index contributed by atoms with van der Waals surface area (Å²) in [4.78, 5) is 7.85. The summed E-state index contributed by atoms with van der Waals surface area (Å²) in [5, 5.41) is 0. The number of nitrogens with one attached hydrogen (secondary N) is 1. The number of pyridine rings is 1. The molecule has 0 bridgehead atoms. The van der Waals surface area contributed by atoms with Crippen LogP contribution < -0.4 is 4.74 Å². The minimum absolute atomic E-state index is 0.720. The maximum Gasteiger partial charge on any atom is 0.241 e. The minimum atomic E-state index is 0.720. The van der Waals surface area contributed by atoms with E-state index in [1.807, 2.05) is 30.5 Å². The molecule has 1 N–H and O–H groups in total. The van der Waals surface area contributed by atoms with Crippen LogP contribution in [0.25, 0.3) is 16.7 Å². The summed E-state index contributed by atoms with van der Waals surface area (Å²) in [5.74, 6) is 1.63. The molecule has 0 atom stereocenters. The number of aromatic nitrogens is 3. The lowest BCUT2D eigenvalue weighted by molar-refractivity contribution is 0.443. The Labute approximate surface area is 114 Å². The van der Waals surface area contributed by atoms with E-state index in [1.54, 1.807) is 0 Å². The van der Waals surface area contributed by atoms with E-state index >= 15 is 0 Å². The molecule has 4 heterocycles. The highest BCUT2D eigenvalue weighted by Gasteiger charge is 2.23.